The van der Waals surface area contributed by atoms with Gasteiger partial charge in [0.05, 0.1) is 5.70 Å². The smallest absolute Gasteiger partial charge is 0.290 e. The Morgan fingerprint density at radius 1 is 1.33 bits per heavy atom. The highest BCUT2D eigenvalue weighted by molar-refractivity contribution is 5.94. The number of hydrazine groups is 1. The van der Waals surface area contributed by atoms with Gasteiger partial charge in [-0.3, -0.25) is 20.7 Å². The first-order chi connectivity index (χ1) is 10.1. The molecule has 0 spiro atoms. The summed E-state index contributed by atoms with van der Waals surface area (Å²) in [5.74, 6) is -0.150. The number of aromatic amines is 1. The molecule has 1 aliphatic carbocycles. The average molecular weight is 284 g/mol. The van der Waals surface area contributed by atoms with Crippen molar-refractivity contribution >= 4 is 11.6 Å². The maximum Gasteiger partial charge on any atom is 0.290 e. The summed E-state index contributed by atoms with van der Waals surface area (Å²) in [6.07, 6.45) is 2.87. The number of rotatable bonds is 4. The van der Waals surface area contributed by atoms with Crippen LogP contribution >= 0.6 is 0 Å². The molecule has 108 valence electrons. The lowest BCUT2D eigenvalue weighted by Gasteiger charge is -2.11. The van der Waals surface area contributed by atoms with Crippen molar-refractivity contribution in [2.24, 2.45) is 0 Å². The van der Waals surface area contributed by atoms with Gasteiger partial charge in [-0.05, 0) is 31.4 Å². The molecule has 0 unspecified atom stereocenters. The van der Waals surface area contributed by atoms with Gasteiger partial charge in [-0.25, -0.2) is 0 Å². The third-order valence-electron chi connectivity index (χ3n) is 3.54. The van der Waals surface area contributed by atoms with Crippen LogP contribution in [-0.2, 0) is 12.8 Å². The number of carbonyl (C=O) groups is 1. The second-order valence-corrected chi connectivity index (χ2v) is 4.99. The topological polar surface area (TPSA) is 90.0 Å². The molecule has 21 heavy (non-hydrogen) atoms. The quantitative estimate of drug-likeness (QED) is 0.641. The zero-order valence-corrected chi connectivity index (χ0v) is 11.4. The molecule has 0 aliphatic heterocycles. The van der Waals surface area contributed by atoms with E-state index in [2.05, 4.69) is 27.6 Å². The van der Waals surface area contributed by atoms with Gasteiger partial charge in [-0.2, -0.15) is 5.10 Å². The SMILES string of the molecule is C=C(NNC(=O)c1n[nH]c2c1CCC2)c1cccc(O)c1. The highest BCUT2D eigenvalue weighted by Gasteiger charge is 2.22. The lowest BCUT2D eigenvalue weighted by Crippen LogP contribution is -2.36. The molecule has 0 saturated carbocycles. The Balaban J connectivity index is 1.64. The van der Waals surface area contributed by atoms with Crippen LogP contribution in [0, 0.1) is 0 Å². The molecule has 0 radical (unpaired) electrons. The Morgan fingerprint density at radius 3 is 3.00 bits per heavy atom. The van der Waals surface area contributed by atoms with E-state index in [1.165, 1.54) is 0 Å². The molecule has 6 heteroatoms. The maximum atomic E-state index is 12.1. The molecule has 1 aromatic carbocycles. The fraction of sp³-hybridized carbons (Fsp3) is 0.200. The number of nitrogens with zero attached hydrogens (tertiary/aromatic N) is 1. The number of nitrogens with one attached hydrogen (secondary N) is 3. The molecule has 0 saturated heterocycles. The molecular formula is C15H16N4O2. The van der Waals surface area contributed by atoms with Crippen molar-refractivity contribution in [2.45, 2.75) is 19.3 Å². The van der Waals surface area contributed by atoms with Gasteiger partial charge in [0, 0.05) is 16.8 Å². The number of phenolic OH excluding ortho intramolecular Hbond substituents is 1. The first-order valence-electron chi connectivity index (χ1n) is 6.76. The van der Waals surface area contributed by atoms with Crippen molar-refractivity contribution in [3.8, 4) is 5.75 Å². The minimum absolute atomic E-state index is 0.145. The van der Waals surface area contributed by atoms with Gasteiger partial charge in [0.2, 0.25) is 0 Å². The molecule has 1 heterocycles. The van der Waals surface area contributed by atoms with E-state index in [9.17, 15) is 9.90 Å². The predicted molar refractivity (Wildman–Crippen MR) is 78.4 cm³/mol. The lowest BCUT2D eigenvalue weighted by atomic mass is 10.2. The maximum absolute atomic E-state index is 12.1. The van der Waals surface area contributed by atoms with Crippen molar-refractivity contribution in [2.75, 3.05) is 0 Å². The molecule has 0 atom stereocenters. The Morgan fingerprint density at radius 2 is 2.19 bits per heavy atom. The van der Waals surface area contributed by atoms with Crippen LogP contribution in [0.5, 0.6) is 5.75 Å². The number of hydrogen-bond donors (Lipinski definition) is 4. The van der Waals surface area contributed by atoms with Gasteiger partial charge < -0.3 is 5.11 Å². The molecule has 3 rings (SSSR count). The number of aryl methyl sites for hydroxylation is 1. The molecule has 4 N–H and O–H groups in total. The third-order valence-corrected chi connectivity index (χ3v) is 3.54. The molecule has 0 bridgehead atoms. The van der Waals surface area contributed by atoms with E-state index < -0.39 is 0 Å². The summed E-state index contributed by atoms with van der Waals surface area (Å²) >= 11 is 0. The van der Waals surface area contributed by atoms with Gasteiger partial charge in [-0.1, -0.05) is 18.7 Å². The van der Waals surface area contributed by atoms with E-state index in [1.54, 1.807) is 24.3 Å². The highest BCUT2D eigenvalue weighted by Crippen LogP contribution is 2.22. The van der Waals surface area contributed by atoms with Crippen LogP contribution in [0.1, 0.15) is 33.7 Å². The fourth-order valence-electron chi connectivity index (χ4n) is 2.46. The lowest BCUT2D eigenvalue weighted by molar-refractivity contribution is 0.0936. The Hall–Kier alpha value is -2.76. The first kappa shape index (κ1) is 13.2. The zero-order valence-electron chi connectivity index (χ0n) is 11.4. The molecular weight excluding hydrogens is 268 g/mol. The van der Waals surface area contributed by atoms with Crippen molar-refractivity contribution in [3.63, 3.8) is 0 Å². The Kier molecular flexibility index (Phi) is 3.35. The second-order valence-electron chi connectivity index (χ2n) is 4.99. The molecule has 6 nitrogen and oxygen atoms in total. The van der Waals surface area contributed by atoms with Crippen molar-refractivity contribution in [3.05, 3.63) is 53.4 Å². The number of aromatic nitrogens is 2. The molecule has 1 aromatic heterocycles. The van der Waals surface area contributed by atoms with Gasteiger partial charge >= 0.3 is 0 Å². The number of carbonyl (C=O) groups excluding carboxylic acids is 1. The molecule has 1 amide bonds. The monoisotopic (exact) mass is 284 g/mol. The number of amides is 1. The third kappa shape index (κ3) is 2.60. The van der Waals surface area contributed by atoms with Crippen LogP contribution < -0.4 is 10.9 Å². The summed E-state index contributed by atoms with van der Waals surface area (Å²) in [5, 5.41) is 16.4. The number of phenols is 1. The van der Waals surface area contributed by atoms with Gasteiger partial charge in [0.25, 0.3) is 5.91 Å². The zero-order chi connectivity index (χ0) is 14.8. The largest absolute Gasteiger partial charge is 0.508 e. The van der Waals surface area contributed by atoms with E-state index in [4.69, 9.17) is 0 Å². The number of H-pyrrole nitrogens is 1. The van der Waals surface area contributed by atoms with Crippen LogP contribution in [0.3, 0.4) is 0 Å². The number of fused-ring (bicyclic) bond motifs is 1. The van der Waals surface area contributed by atoms with Crippen molar-refractivity contribution in [1.82, 2.24) is 21.0 Å². The minimum atomic E-state index is -0.296. The molecule has 0 fully saturated rings. The fourth-order valence-corrected chi connectivity index (χ4v) is 2.46. The standard InChI is InChI=1S/C15H16N4O2/c1-9(10-4-2-5-11(20)8-10)16-19-15(21)14-12-6-3-7-13(12)17-18-14/h2,4-5,8,16,20H,1,3,6-7H2,(H,17,18)(H,19,21). The summed E-state index contributed by atoms with van der Waals surface area (Å²) < 4.78 is 0. The minimum Gasteiger partial charge on any atom is -0.508 e. The predicted octanol–water partition coefficient (Wildman–Crippen LogP) is 1.51. The van der Waals surface area contributed by atoms with Gasteiger partial charge in [0.1, 0.15) is 5.75 Å². The van der Waals surface area contributed by atoms with Crippen LogP contribution in [0.2, 0.25) is 0 Å². The van der Waals surface area contributed by atoms with Crippen molar-refractivity contribution < 1.29 is 9.90 Å². The molecule has 2 aromatic rings. The second kappa shape index (κ2) is 5.32. The summed E-state index contributed by atoms with van der Waals surface area (Å²) in [6.45, 7) is 3.83. The number of benzene rings is 1. The Bertz CT molecular complexity index is 705. The van der Waals surface area contributed by atoms with Crippen LogP contribution in [0.4, 0.5) is 0 Å². The van der Waals surface area contributed by atoms with E-state index in [0.717, 1.165) is 30.5 Å². The summed E-state index contributed by atoms with van der Waals surface area (Å²) in [7, 11) is 0. The molecule has 1 aliphatic rings. The van der Waals surface area contributed by atoms with Crippen LogP contribution in [0.25, 0.3) is 5.70 Å². The van der Waals surface area contributed by atoms with Crippen LogP contribution in [-0.4, -0.2) is 21.2 Å². The van der Waals surface area contributed by atoms with E-state index >= 15 is 0 Å². The Labute approximate surface area is 121 Å². The van der Waals surface area contributed by atoms with Gasteiger partial charge in [0.15, 0.2) is 5.69 Å². The summed E-state index contributed by atoms with van der Waals surface area (Å²) in [5.41, 5.74) is 8.99. The van der Waals surface area contributed by atoms with E-state index in [1.807, 2.05) is 0 Å². The first-order valence-corrected chi connectivity index (χ1v) is 6.76. The number of aromatic hydroxyl groups is 1. The van der Waals surface area contributed by atoms with Crippen molar-refractivity contribution in [1.29, 1.82) is 0 Å². The van der Waals surface area contributed by atoms with E-state index in [0.29, 0.717) is 17.0 Å². The summed E-state index contributed by atoms with van der Waals surface area (Å²) in [4.78, 5) is 12.1. The normalized spacial score (nSPS) is 12.8. The van der Waals surface area contributed by atoms with E-state index in [-0.39, 0.29) is 11.7 Å². The van der Waals surface area contributed by atoms with Crippen LogP contribution in [0.15, 0.2) is 30.8 Å². The van der Waals surface area contributed by atoms with Gasteiger partial charge in [-0.15, -0.1) is 0 Å². The average Bonchev–Trinajstić information content (AvgIpc) is 3.07. The summed E-state index contributed by atoms with van der Waals surface area (Å²) in [6, 6.07) is 6.63. The highest BCUT2D eigenvalue weighted by atomic mass is 16.3. The number of hydrogen-bond acceptors (Lipinski definition) is 4.